The number of nitrogens with zero attached hydrogens (tertiary/aromatic N) is 3. The van der Waals surface area contributed by atoms with Gasteiger partial charge in [0.1, 0.15) is 0 Å². The molecule has 0 unspecified atom stereocenters. The van der Waals surface area contributed by atoms with E-state index in [0.717, 1.165) is 30.0 Å². The SMILES string of the molecule is CCNCc1cn(-c2cc(C)ccc2Cl)nn1. The summed E-state index contributed by atoms with van der Waals surface area (Å²) in [4.78, 5) is 0. The second-order valence-corrected chi connectivity index (χ2v) is 4.30. The van der Waals surface area contributed by atoms with Crippen LogP contribution in [0.25, 0.3) is 5.69 Å². The van der Waals surface area contributed by atoms with Crippen molar-refractivity contribution in [3.05, 3.63) is 40.7 Å². The highest BCUT2D eigenvalue weighted by Crippen LogP contribution is 2.20. The van der Waals surface area contributed by atoms with Crippen LogP contribution < -0.4 is 5.32 Å². The van der Waals surface area contributed by atoms with E-state index in [-0.39, 0.29) is 0 Å². The normalized spacial score (nSPS) is 10.8. The van der Waals surface area contributed by atoms with Crippen LogP contribution >= 0.6 is 11.6 Å². The lowest BCUT2D eigenvalue weighted by Gasteiger charge is -2.04. The van der Waals surface area contributed by atoms with Gasteiger partial charge in [0.2, 0.25) is 0 Å². The maximum Gasteiger partial charge on any atom is 0.0969 e. The van der Waals surface area contributed by atoms with Gasteiger partial charge >= 0.3 is 0 Å². The Hall–Kier alpha value is -1.39. The summed E-state index contributed by atoms with van der Waals surface area (Å²) in [5, 5.41) is 12.1. The number of hydrogen-bond donors (Lipinski definition) is 1. The van der Waals surface area contributed by atoms with Gasteiger partial charge in [0, 0.05) is 6.54 Å². The van der Waals surface area contributed by atoms with Gasteiger partial charge in [-0.1, -0.05) is 29.8 Å². The van der Waals surface area contributed by atoms with Crippen molar-refractivity contribution in [1.29, 1.82) is 0 Å². The summed E-state index contributed by atoms with van der Waals surface area (Å²) in [6.45, 7) is 5.72. The highest BCUT2D eigenvalue weighted by Gasteiger charge is 2.06. The molecule has 0 radical (unpaired) electrons. The molecule has 0 aliphatic carbocycles. The smallest absolute Gasteiger partial charge is 0.0969 e. The van der Waals surface area contributed by atoms with Crippen LogP contribution in [0.4, 0.5) is 0 Å². The molecule has 17 heavy (non-hydrogen) atoms. The molecule has 0 saturated carbocycles. The van der Waals surface area contributed by atoms with E-state index in [4.69, 9.17) is 11.6 Å². The van der Waals surface area contributed by atoms with Gasteiger partial charge < -0.3 is 5.32 Å². The molecule has 0 fully saturated rings. The van der Waals surface area contributed by atoms with Gasteiger partial charge in [-0.05, 0) is 31.2 Å². The Morgan fingerprint density at radius 3 is 3.00 bits per heavy atom. The quantitative estimate of drug-likeness (QED) is 0.906. The number of aromatic nitrogens is 3. The summed E-state index contributed by atoms with van der Waals surface area (Å²) >= 11 is 6.14. The Labute approximate surface area is 106 Å². The molecule has 1 aromatic carbocycles. The summed E-state index contributed by atoms with van der Waals surface area (Å²) in [5.41, 5.74) is 2.92. The predicted molar refractivity (Wildman–Crippen MR) is 68.5 cm³/mol. The van der Waals surface area contributed by atoms with Crippen LogP contribution in [0.1, 0.15) is 18.2 Å². The zero-order valence-corrected chi connectivity index (χ0v) is 10.7. The summed E-state index contributed by atoms with van der Waals surface area (Å²) in [6.07, 6.45) is 1.89. The molecule has 1 aromatic heterocycles. The third-order valence-electron chi connectivity index (χ3n) is 2.45. The average Bonchev–Trinajstić information content (AvgIpc) is 2.78. The molecule has 1 heterocycles. The summed E-state index contributed by atoms with van der Waals surface area (Å²) in [5.74, 6) is 0. The summed E-state index contributed by atoms with van der Waals surface area (Å²) in [7, 11) is 0. The molecule has 0 bridgehead atoms. The van der Waals surface area contributed by atoms with E-state index < -0.39 is 0 Å². The lowest BCUT2D eigenvalue weighted by molar-refractivity contribution is 0.705. The summed E-state index contributed by atoms with van der Waals surface area (Å²) in [6, 6.07) is 5.84. The molecule has 1 N–H and O–H groups in total. The van der Waals surface area contributed by atoms with E-state index in [1.807, 2.05) is 31.3 Å². The summed E-state index contributed by atoms with van der Waals surface area (Å²) < 4.78 is 1.71. The van der Waals surface area contributed by atoms with Crippen LogP contribution in [0.2, 0.25) is 5.02 Å². The van der Waals surface area contributed by atoms with Crippen LogP contribution in [0.15, 0.2) is 24.4 Å². The van der Waals surface area contributed by atoms with Gasteiger partial charge in [-0.2, -0.15) is 0 Å². The first kappa shape index (κ1) is 12.1. The largest absolute Gasteiger partial charge is 0.311 e. The molecule has 4 nitrogen and oxygen atoms in total. The van der Waals surface area contributed by atoms with Crippen LogP contribution in [0.5, 0.6) is 0 Å². The lowest BCUT2D eigenvalue weighted by atomic mass is 10.2. The Kier molecular flexibility index (Phi) is 3.76. The van der Waals surface area contributed by atoms with Gasteiger partial charge in [-0.3, -0.25) is 0 Å². The van der Waals surface area contributed by atoms with E-state index in [0.29, 0.717) is 5.02 Å². The van der Waals surface area contributed by atoms with Crippen molar-refractivity contribution < 1.29 is 0 Å². The van der Waals surface area contributed by atoms with Crippen LogP contribution in [-0.4, -0.2) is 21.5 Å². The number of benzene rings is 1. The molecule has 2 rings (SSSR count). The molecule has 90 valence electrons. The van der Waals surface area contributed by atoms with E-state index in [2.05, 4.69) is 22.6 Å². The lowest BCUT2D eigenvalue weighted by Crippen LogP contribution is -2.11. The highest BCUT2D eigenvalue weighted by molar-refractivity contribution is 6.32. The van der Waals surface area contributed by atoms with Crippen molar-refractivity contribution in [2.24, 2.45) is 0 Å². The van der Waals surface area contributed by atoms with Crippen molar-refractivity contribution in [3.63, 3.8) is 0 Å². The maximum atomic E-state index is 6.14. The molecule has 0 spiro atoms. The van der Waals surface area contributed by atoms with E-state index in [1.54, 1.807) is 4.68 Å². The zero-order chi connectivity index (χ0) is 12.3. The number of hydrogen-bond acceptors (Lipinski definition) is 3. The predicted octanol–water partition coefficient (Wildman–Crippen LogP) is 2.34. The van der Waals surface area contributed by atoms with E-state index >= 15 is 0 Å². The van der Waals surface area contributed by atoms with Crippen LogP contribution in [0, 0.1) is 6.92 Å². The van der Waals surface area contributed by atoms with Crippen molar-refractivity contribution in [2.75, 3.05) is 6.54 Å². The molecule has 5 heteroatoms. The molecule has 0 saturated heterocycles. The number of halogens is 1. The van der Waals surface area contributed by atoms with Gasteiger partial charge in [-0.15, -0.1) is 5.10 Å². The second-order valence-electron chi connectivity index (χ2n) is 3.89. The third kappa shape index (κ3) is 2.84. The van der Waals surface area contributed by atoms with Crippen LogP contribution in [-0.2, 0) is 6.54 Å². The van der Waals surface area contributed by atoms with Crippen molar-refractivity contribution in [1.82, 2.24) is 20.3 Å². The average molecular weight is 251 g/mol. The number of nitrogens with one attached hydrogen (secondary N) is 1. The topological polar surface area (TPSA) is 42.7 Å². The molecular formula is C12H15ClN4. The minimum Gasteiger partial charge on any atom is -0.311 e. The van der Waals surface area contributed by atoms with E-state index in [1.165, 1.54) is 0 Å². The number of rotatable bonds is 4. The van der Waals surface area contributed by atoms with Crippen molar-refractivity contribution >= 4 is 11.6 Å². The van der Waals surface area contributed by atoms with Crippen molar-refractivity contribution in [3.8, 4) is 5.69 Å². The number of aryl methyl sites for hydroxylation is 1. The first-order chi connectivity index (χ1) is 8.20. The Bertz CT molecular complexity index is 507. The Morgan fingerprint density at radius 2 is 2.24 bits per heavy atom. The van der Waals surface area contributed by atoms with Crippen LogP contribution in [0.3, 0.4) is 0 Å². The van der Waals surface area contributed by atoms with Gasteiger partial charge in [0.05, 0.1) is 22.6 Å². The Morgan fingerprint density at radius 1 is 1.41 bits per heavy atom. The molecule has 0 aliphatic rings. The molecule has 2 aromatic rings. The zero-order valence-electron chi connectivity index (χ0n) is 9.94. The third-order valence-corrected chi connectivity index (χ3v) is 2.77. The fourth-order valence-corrected chi connectivity index (χ4v) is 1.75. The Balaban J connectivity index is 2.27. The molecule has 0 amide bonds. The molecular weight excluding hydrogens is 236 g/mol. The standard InChI is InChI=1S/C12H15ClN4/c1-3-14-7-10-8-17(16-15-10)12-6-9(2)4-5-11(12)13/h4-6,8,14H,3,7H2,1-2H3. The molecule has 0 atom stereocenters. The molecule has 0 aliphatic heterocycles. The van der Waals surface area contributed by atoms with E-state index in [9.17, 15) is 0 Å². The fourth-order valence-electron chi connectivity index (χ4n) is 1.55. The monoisotopic (exact) mass is 250 g/mol. The van der Waals surface area contributed by atoms with Gasteiger partial charge in [0.15, 0.2) is 0 Å². The first-order valence-electron chi connectivity index (χ1n) is 5.59. The maximum absolute atomic E-state index is 6.14. The highest BCUT2D eigenvalue weighted by atomic mass is 35.5. The second kappa shape index (κ2) is 5.29. The first-order valence-corrected chi connectivity index (χ1v) is 5.97. The van der Waals surface area contributed by atoms with Crippen molar-refractivity contribution in [2.45, 2.75) is 20.4 Å². The minimum absolute atomic E-state index is 0.676. The fraction of sp³-hybridized carbons (Fsp3) is 0.333. The van der Waals surface area contributed by atoms with Gasteiger partial charge in [-0.25, -0.2) is 4.68 Å². The van der Waals surface area contributed by atoms with Gasteiger partial charge in [0.25, 0.3) is 0 Å². The minimum atomic E-state index is 0.676.